The number of anilines is 1. The SMILES string of the molecule is CC(C)NC(=O)N(C)c1ccc(OC(=O)c2cc(Cl)cc(Cl)c2)cc1. The van der Waals surface area contributed by atoms with E-state index >= 15 is 0 Å². The number of ether oxygens (including phenoxy) is 1. The van der Waals surface area contributed by atoms with Crippen molar-refractivity contribution in [3.05, 3.63) is 58.1 Å². The summed E-state index contributed by atoms with van der Waals surface area (Å²) in [5.41, 5.74) is 0.929. The van der Waals surface area contributed by atoms with Gasteiger partial charge in [0.2, 0.25) is 0 Å². The monoisotopic (exact) mass is 380 g/mol. The average molecular weight is 381 g/mol. The van der Waals surface area contributed by atoms with Crippen molar-refractivity contribution in [3.63, 3.8) is 0 Å². The molecular weight excluding hydrogens is 363 g/mol. The Balaban J connectivity index is 2.07. The van der Waals surface area contributed by atoms with Crippen molar-refractivity contribution < 1.29 is 14.3 Å². The summed E-state index contributed by atoms with van der Waals surface area (Å²) < 4.78 is 5.29. The third kappa shape index (κ3) is 5.37. The third-order valence-electron chi connectivity index (χ3n) is 3.25. The molecule has 0 fully saturated rings. The highest BCUT2D eigenvalue weighted by Crippen LogP contribution is 2.22. The molecule has 25 heavy (non-hydrogen) atoms. The van der Waals surface area contributed by atoms with Gasteiger partial charge in [-0.3, -0.25) is 4.90 Å². The maximum absolute atomic E-state index is 12.2. The number of benzene rings is 2. The van der Waals surface area contributed by atoms with Gasteiger partial charge in [-0.1, -0.05) is 23.2 Å². The summed E-state index contributed by atoms with van der Waals surface area (Å²) in [7, 11) is 1.66. The Hall–Kier alpha value is -2.24. The van der Waals surface area contributed by atoms with Crippen LogP contribution in [-0.4, -0.2) is 25.1 Å². The lowest BCUT2D eigenvalue weighted by Crippen LogP contribution is -2.40. The van der Waals surface area contributed by atoms with E-state index in [2.05, 4.69) is 5.32 Å². The zero-order valence-electron chi connectivity index (χ0n) is 14.0. The van der Waals surface area contributed by atoms with Crippen molar-refractivity contribution in [1.29, 1.82) is 0 Å². The molecule has 0 bridgehead atoms. The molecule has 0 atom stereocenters. The number of rotatable bonds is 4. The van der Waals surface area contributed by atoms with Crippen LogP contribution >= 0.6 is 23.2 Å². The van der Waals surface area contributed by atoms with Gasteiger partial charge in [0.15, 0.2) is 0 Å². The zero-order chi connectivity index (χ0) is 18.6. The van der Waals surface area contributed by atoms with E-state index in [1.165, 1.54) is 23.1 Å². The Morgan fingerprint density at radius 3 is 2.12 bits per heavy atom. The minimum atomic E-state index is -0.567. The first kappa shape index (κ1) is 19.1. The number of carbonyl (C=O) groups is 2. The van der Waals surface area contributed by atoms with Crippen molar-refractivity contribution in [1.82, 2.24) is 5.32 Å². The van der Waals surface area contributed by atoms with Gasteiger partial charge in [-0.05, 0) is 56.3 Å². The standard InChI is InChI=1S/C18H18Cl2N2O3/c1-11(2)21-18(24)22(3)15-4-6-16(7-5-15)25-17(23)12-8-13(19)10-14(20)9-12/h4-11H,1-3H3,(H,21,24). The first-order chi connectivity index (χ1) is 11.8. The van der Waals surface area contributed by atoms with Crippen LogP contribution in [-0.2, 0) is 0 Å². The van der Waals surface area contributed by atoms with Gasteiger partial charge in [0.1, 0.15) is 5.75 Å². The molecule has 2 amide bonds. The Morgan fingerprint density at radius 1 is 1.04 bits per heavy atom. The minimum absolute atomic E-state index is 0.0414. The van der Waals surface area contributed by atoms with Crippen LogP contribution in [0, 0.1) is 0 Å². The highest BCUT2D eigenvalue weighted by molar-refractivity contribution is 6.35. The molecule has 7 heteroatoms. The molecule has 2 aromatic carbocycles. The van der Waals surface area contributed by atoms with E-state index in [0.29, 0.717) is 21.5 Å². The molecule has 0 aliphatic heterocycles. The molecule has 0 radical (unpaired) electrons. The first-order valence-electron chi connectivity index (χ1n) is 7.59. The number of hydrogen-bond donors (Lipinski definition) is 1. The fourth-order valence-corrected chi connectivity index (χ4v) is 2.56. The van der Waals surface area contributed by atoms with Gasteiger partial charge in [-0.15, -0.1) is 0 Å². The molecule has 2 aromatic rings. The Bertz CT molecular complexity index is 756. The number of carbonyl (C=O) groups excluding carboxylic acids is 2. The van der Waals surface area contributed by atoms with Crippen LogP contribution in [0.2, 0.25) is 10.0 Å². The summed E-state index contributed by atoms with van der Waals surface area (Å²) in [5, 5.41) is 3.51. The fourth-order valence-electron chi connectivity index (χ4n) is 2.04. The quantitative estimate of drug-likeness (QED) is 0.613. The van der Waals surface area contributed by atoms with Gasteiger partial charge >= 0.3 is 12.0 Å². The maximum Gasteiger partial charge on any atom is 0.343 e. The van der Waals surface area contributed by atoms with Crippen LogP contribution in [0.5, 0.6) is 5.75 Å². The summed E-state index contributed by atoms with van der Waals surface area (Å²) in [4.78, 5) is 25.6. The largest absolute Gasteiger partial charge is 0.423 e. The predicted molar refractivity (Wildman–Crippen MR) is 99.9 cm³/mol. The highest BCUT2D eigenvalue weighted by Gasteiger charge is 2.13. The molecule has 0 spiro atoms. The number of urea groups is 1. The van der Waals surface area contributed by atoms with Crippen molar-refractivity contribution >= 4 is 40.9 Å². The van der Waals surface area contributed by atoms with Gasteiger partial charge in [0.25, 0.3) is 0 Å². The van der Waals surface area contributed by atoms with E-state index in [4.69, 9.17) is 27.9 Å². The zero-order valence-corrected chi connectivity index (χ0v) is 15.6. The molecule has 132 valence electrons. The van der Waals surface area contributed by atoms with E-state index < -0.39 is 5.97 Å². The van der Waals surface area contributed by atoms with Crippen LogP contribution in [0.3, 0.4) is 0 Å². The van der Waals surface area contributed by atoms with Gasteiger partial charge in [0, 0.05) is 28.8 Å². The molecule has 0 aromatic heterocycles. The molecule has 5 nitrogen and oxygen atoms in total. The second-order valence-electron chi connectivity index (χ2n) is 5.70. The van der Waals surface area contributed by atoms with Crippen LogP contribution < -0.4 is 15.0 Å². The molecule has 0 saturated carbocycles. The predicted octanol–water partition coefficient (Wildman–Crippen LogP) is 4.77. The topological polar surface area (TPSA) is 58.6 Å². The normalized spacial score (nSPS) is 10.5. The molecule has 0 heterocycles. The molecule has 2 rings (SSSR count). The summed E-state index contributed by atoms with van der Waals surface area (Å²) in [5.74, 6) is -0.217. The number of hydrogen-bond acceptors (Lipinski definition) is 3. The van der Waals surface area contributed by atoms with Crippen molar-refractivity contribution in [2.75, 3.05) is 11.9 Å². The minimum Gasteiger partial charge on any atom is -0.423 e. The van der Waals surface area contributed by atoms with Crippen LogP contribution in [0.4, 0.5) is 10.5 Å². The fraction of sp³-hybridized carbons (Fsp3) is 0.222. The number of nitrogens with zero attached hydrogens (tertiary/aromatic N) is 1. The van der Waals surface area contributed by atoms with Gasteiger partial charge < -0.3 is 10.1 Å². The van der Waals surface area contributed by atoms with Crippen LogP contribution in [0.15, 0.2) is 42.5 Å². The Kier molecular flexibility index (Phi) is 6.28. The van der Waals surface area contributed by atoms with Gasteiger partial charge in [-0.2, -0.15) is 0 Å². The second-order valence-corrected chi connectivity index (χ2v) is 6.58. The lowest BCUT2D eigenvalue weighted by atomic mass is 10.2. The van der Waals surface area contributed by atoms with Crippen LogP contribution in [0.1, 0.15) is 24.2 Å². The molecule has 0 unspecified atom stereocenters. The average Bonchev–Trinajstić information content (AvgIpc) is 2.53. The molecule has 0 aliphatic rings. The highest BCUT2D eigenvalue weighted by atomic mass is 35.5. The van der Waals surface area contributed by atoms with Crippen molar-refractivity contribution in [2.45, 2.75) is 19.9 Å². The smallest absolute Gasteiger partial charge is 0.343 e. The lowest BCUT2D eigenvalue weighted by Gasteiger charge is -2.20. The number of esters is 1. The Labute approximate surface area is 156 Å². The van der Waals surface area contributed by atoms with E-state index in [-0.39, 0.29) is 17.6 Å². The third-order valence-corrected chi connectivity index (χ3v) is 3.69. The van der Waals surface area contributed by atoms with Gasteiger partial charge in [-0.25, -0.2) is 9.59 Å². The number of nitrogens with one attached hydrogen (secondary N) is 1. The van der Waals surface area contributed by atoms with E-state index in [0.717, 1.165) is 0 Å². The Morgan fingerprint density at radius 2 is 1.60 bits per heavy atom. The van der Waals surface area contributed by atoms with Gasteiger partial charge in [0.05, 0.1) is 5.56 Å². The summed E-state index contributed by atoms with van der Waals surface area (Å²) >= 11 is 11.8. The number of halogens is 2. The van der Waals surface area contributed by atoms with E-state index in [1.54, 1.807) is 31.3 Å². The second kappa shape index (κ2) is 8.23. The molecule has 0 saturated heterocycles. The van der Waals surface area contributed by atoms with Crippen LogP contribution in [0.25, 0.3) is 0 Å². The molecular formula is C18H18Cl2N2O3. The molecule has 0 aliphatic carbocycles. The molecule has 1 N–H and O–H groups in total. The lowest BCUT2D eigenvalue weighted by molar-refractivity contribution is 0.0734. The van der Waals surface area contributed by atoms with Crippen molar-refractivity contribution in [2.24, 2.45) is 0 Å². The summed E-state index contributed by atoms with van der Waals surface area (Å²) in [6.45, 7) is 3.77. The maximum atomic E-state index is 12.2. The van der Waals surface area contributed by atoms with E-state index in [9.17, 15) is 9.59 Å². The number of amides is 2. The summed E-state index contributed by atoms with van der Waals surface area (Å²) in [6, 6.07) is 10.9. The van der Waals surface area contributed by atoms with E-state index in [1.807, 2.05) is 13.8 Å². The van der Waals surface area contributed by atoms with Crippen molar-refractivity contribution in [3.8, 4) is 5.75 Å². The first-order valence-corrected chi connectivity index (χ1v) is 8.34. The summed E-state index contributed by atoms with van der Waals surface area (Å²) in [6.07, 6.45) is 0.